The average Bonchev–Trinajstić information content (AvgIpc) is 3.52. The Kier molecular flexibility index (Phi) is 8.92. The second-order valence-corrected chi connectivity index (χ2v) is 10.6. The number of carbonyl (C=O) groups is 3. The lowest BCUT2D eigenvalue weighted by Gasteiger charge is -2.17. The fourth-order valence-corrected chi connectivity index (χ4v) is 5.24. The summed E-state index contributed by atoms with van der Waals surface area (Å²) in [5, 5.41) is 9.93. The van der Waals surface area contributed by atoms with E-state index in [1.165, 1.54) is 10.2 Å². The van der Waals surface area contributed by atoms with Crippen molar-refractivity contribution in [2.24, 2.45) is 12.0 Å². The molecule has 9 heteroatoms. The maximum absolute atomic E-state index is 13.4. The minimum atomic E-state index is -0.546. The molecule has 9 nitrogen and oxygen atoms in total. The first-order valence-corrected chi connectivity index (χ1v) is 14.5. The highest BCUT2D eigenvalue weighted by Crippen LogP contribution is 2.33. The van der Waals surface area contributed by atoms with Gasteiger partial charge in [0.2, 0.25) is 5.91 Å². The summed E-state index contributed by atoms with van der Waals surface area (Å²) in [4.78, 5) is 45.8. The maximum atomic E-state index is 13.4. The third-order valence-corrected chi connectivity index (χ3v) is 7.73. The molecule has 3 aromatic carbocycles. The summed E-state index contributed by atoms with van der Waals surface area (Å²) in [6.45, 7) is 9.26. The molecule has 5 rings (SSSR count). The van der Waals surface area contributed by atoms with Crippen molar-refractivity contribution in [2.75, 3.05) is 30.3 Å². The van der Waals surface area contributed by atoms with Gasteiger partial charge in [0.05, 0.1) is 11.4 Å². The van der Waals surface area contributed by atoms with Crippen LogP contribution in [0.4, 0.5) is 17.1 Å². The number of ketones is 1. The zero-order valence-corrected chi connectivity index (χ0v) is 24.9. The molecule has 2 amide bonds. The second kappa shape index (κ2) is 13.0. The molecular weight excluding hydrogens is 540 g/mol. The number of benzene rings is 3. The number of hydrogen-bond donors (Lipinski definition) is 2. The molecule has 1 atom stereocenters. The molecule has 1 aliphatic rings. The van der Waals surface area contributed by atoms with Crippen molar-refractivity contribution in [1.82, 2.24) is 14.7 Å². The zero-order chi connectivity index (χ0) is 30.5. The van der Waals surface area contributed by atoms with Crippen LogP contribution in [0.2, 0.25) is 0 Å². The van der Waals surface area contributed by atoms with E-state index in [0.29, 0.717) is 28.2 Å². The van der Waals surface area contributed by atoms with E-state index in [9.17, 15) is 14.4 Å². The summed E-state index contributed by atoms with van der Waals surface area (Å²) >= 11 is 0. The number of hydrogen-bond acceptors (Lipinski definition) is 6. The molecule has 43 heavy (non-hydrogen) atoms. The Bertz CT molecular complexity index is 1680. The Morgan fingerprint density at radius 2 is 1.77 bits per heavy atom. The maximum Gasteiger partial charge on any atom is 0.273 e. The van der Waals surface area contributed by atoms with E-state index in [-0.39, 0.29) is 17.6 Å². The number of anilines is 2. The normalized spacial score (nSPS) is 14.3. The molecule has 0 fully saturated rings. The largest absolute Gasteiger partial charge is 0.325 e. The number of aromatic nitrogens is 2. The van der Waals surface area contributed by atoms with Gasteiger partial charge >= 0.3 is 0 Å². The number of likely N-dealkylation sites (N-methyl/N-ethyl adjacent to an activating group) is 1. The fourth-order valence-electron chi connectivity index (χ4n) is 5.24. The highest BCUT2D eigenvalue weighted by molar-refractivity contribution is 6.15. The molecular formula is C34H36N6O3. The van der Waals surface area contributed by atoms with Crippen molar-refractivity contribution >= 4 is 40.9 Å². The van der Waals surface area contributed by atoms with Gasteiger partial charge in [-0.25, -0.2) is 0 Å². The number of carbonyl (C=O) groups excluding carboxylic acids is 3. The Balaban J connectivity index is 1.26. The predicted molar refractivity (Wildman–Crippen MR) is 170 cm³/mol. The van der Waals surface area contributed by atoms with Crippen molar-refractivity contribution in [3.8, 4) is 0 Å². The van der Waals surface area contributed by atoms with Crippen molar-refractivity contribution < 1.29 is 14.4 Å². The lowest BCUT2D eigenvalue weighted by molar-refractivity contribution is -0.115. The van der Waals surface area contributed by atoms with E-state index in [1.807, 2.05) is 19.1 Å². The first-order chi connectivity index (χ1) is 20.7. The van der Waals surface area contributed by atoms with E-state index in [4.69, 9.17) is 0 Å². The molecule has 0 saturated carbocycles. The van der Waals surface area contributed by atoms with Gasteiger partial charge in [0.25, 0.3) is 5.91 Å². The van der Waals surface area contributed by atoms with E-state index < -0.39 is 5.92 Å². The van der Waals surface area contributed by atoms with Crippen LogP contribution in [0.1, 0.15) is 63.0 Å². The molecule has 1 unspecified atom stereocenters. The van der Waals surface area contributed by atoms with Crippen molar-refractivity contribution in [3.63, 3.8) is 0 Å². The standard InChI is InChI=1S/C34H36N6O3/c1-5-40(6-2)17-16-23-10-13-26(14-11-23)35-21-29-28-15-12-25(20-30(28)37-33(29)42)32(41)24-8-7-9-27(19-24)36-34(43)31-18-22(3)38-39(31)4/h7-15,18-21,29H,5-6,16-17H2,1-4H3,(H,36,43)(H,37,42). The summed E-state index contributed by atoms with van der Waals surface area (Å²) in [6, 6.07) is 21.8. The summed E-state index contributed by atoms with van der Waals surface area (Å²) in [7, 11) is 1.71. The first-order valence-electron chi connectivity index (χ1n) is 14.5. The minimum absolute atomic E-state index is 0.186. The number of nitrogens with one attached hydrogen (secondary N) is 2. The summed E-state index contributed by atoms with van der Waals surface area (Å²) < 4.78 is 1.52. The number of aliphatic imine (C=N–C) groups is 1. The minimum Gasteiger partial charge on any atom is -0.325 e. The average molecular weight is 577 g/mol. The number of rotatable bonds is 11. The zero-order valence-electron chi connectivity index (χ0n) is 24.9. The highest BCUT2D eigenvalue weighted by Gasteiger charge is 2.30. The van der Waals surface area contributed by atoms with Crippen molar-refractivity contribution in [1.29, 1.82) is 0 Å². The van der Waals surface area contributed by atoms with Crippen LogP contribution in [-0.2, 0) is 18.3 Å². The quantitative estimate of drug-likeness (QED) is 0.180. The van der Waals surface area contributed by atoms with Crippen LogP contribution in [0.5, 0.6) is 0 Å². The molecule has 2 heterocycles. The molecule has 0 saturated heterocycles. The molecule has 1 aliphatic heterocycles. The molecule has 2 N–H and O–H groups in total. The SMILES string of the molecule is CCN(CC)CCc1ccc(N=CC2C(=O)Nc3cc(C(=O)c4cccc(NC(=O)c5cc(C)nn5C)c4)ccc32)cc1. The number of aryl methyl sites for hydroxylation is 2. The van der Waals surface area contributed by atoms with Gasteiger partial charge in [-0.3, -0.25) is 24.1 Å². The van der Waals surface area contributed by atoms with E-state index in [2.05, 4.69) is 51.6 Å². The topological polar surface area (TPSA) is 109 Å². The lowest BCUT2D eigenvalue weighted by atomic mass is 9.97. The van der Waals surface area contributed by atoms with Crippen molar-refractivity contribution in [3.05, 3.63) is 106 Å². The van der Waals surface area contributed by atoms with Crippen LogP contribution in [-0.4, -0.2) is 58.1 Å². The molecule has 0 spiro atoms. The van der Waals surface area contributed by atoms with Crippen LogP contribution in [0.3, 0.4) is 0 Å². The van der Waals surface area contributed by atoms with Gasteiger partial charge in [-0.05, 0) is 74.0 Å². The monoisotopic (exact) mass is 576 g/mol. The predicted octanol–water partition coefficient (Wildman–Crippen LogP) is 5.53. The number of fused-ring (bicyclic) bond motifs is 1. The van der Waals surface area contributed by atoms with Crippen LogP contribution in [0, 0.1) is 6.92 Å². The third kappa shape index (κ3) is 6.79. The van der Waals surface area contributed by atoms with Crippen LogP contribution < -0.4 is 10.6 Å². The van der Waals surface area contributed by atoms with Gasteiger partial charge in [0.15, 0.2) is 5.78 Å². The number of amides is 2. The molecule has 0 radical (unpaired) electrons. The van der Waals surface area contributed by atoms with E-state index >= 15 is 0 Å². The lowest BCUT2D eigenvalue weighted by Crippen LogP contribution is -2.25. The van der Waals surface area contributed by atoms with Crippen molar-refractivity contribution in [2.45, 2.75) is 33.1 Å². The third-order valence-electron chi connectivity index (χ3n) is 7.73. The van der Waals surface area contributed by atoms with Gasteiger partial charge < -0.3 is 15.5 Å². The molecule has 0 bridgehead atoms. The van der Waals surface area contributed by atoms with Crippen LogP contribution in [0.25, 0.3) is 0 Å². The first kappa shape index (κ1) is 29.6. The summed E-state index contributed by atoms with van der Waals surface area (Å²) in [5.74, 6) is -1.26. The van der Waals surface area contributed by atoms with Gasteiger partial charge in [0, 0.05) is 42.3 Å². The van der Waals surface area contributed by atoms with Crippen LogP contribution >= 0.6 is 0 Å². The smallest absolute Gasteiger partial charge is 0.273 e. The number of nitrogens with zero attached hydrogens (tertiary/aromatic N) is 4. The van der Waals surface area contributed by atoms with Gasteiger partial charge in [-0.2, -0.15) is 5.10 Å². The molecule has 220 valence electrons. The van der Waals surface area contributed by atoms with E-state index in [1.54, 1.807) is 61.8 Å². The summed E-state index contributed by atoms with van der Waals surface area (Å²) in [6.07, 6.45) is 2.64. The summed E-state index contributed by atoms with van der Waals surface area (Å²) in [5.41, 5.74) is 5.91. The molecule has 1 aromatic heterocycles. The molecule has 0 aliphatic carbocycles. The van der Waals surface area contributed by atoms with Crippen LogP contribution in [0.15, 0.2) is 77.8 Å². The van der Waals surface area contributed by atoms with E-state index in [0.717, 1.165) is 43.0 Å². The second-order valence-electron chi connectivity index (χ2n) is 10.6. The molecule has 4 aromatic rings. The Hall–Kier alpha value is -4.89. The van der Waals surface area contributed by atoms with Gasteiger partial charge in [0.1, 0.15) is 11.6 Å². The Morgan fingerprint density at radius 3 is 2.47 bits per heavy atom. The fraction of sp³-hybridized carbons (Fsp3) is 0.265. The highest BCUT2D eigenvalue weighted by atomic mass is 16.2. The Morgan fingerprint density at radius 1 is 1.02 bits per heavy atom. The Labute approximate surface area is 251 Å². The van der Waals surface area contributed by atoms with Gasteiger partial charge in [-0.1, -0.05) is 50.2 Å². The van der Waals surface area contributed by atoms with Gasteiger partial charge in [-0.15, -0.1) is 0 Å².